The van der Waals surface area contributed by atoms with Gasteiger partial charge in [0.2, 0.25) is 0 Å². The Kier molecular flexibility index (Phi) is 4.36. The molecule has 0 N–H and O–H groups in total. The molecule has 16 heavy (non-hydrogen) atoms. The summed E-state index contributed by atoms with van der Waals surface area (Å²) in [6.45, 7) is 0. The van der Waals surface area contributed by atoms with Crippen LogP contribution in [-0.2, 0) is 0 Å². The summed E-state index contributed by atoms with van der Waals surface area (Å²) in [5.74, 6) is -0.830. The van der Waals surface area contributed by atoms with Crippen LogP contribution in [0, 0.1) is 13.7 Å². The zero-order chi connectivity index (χ0) is 12.3. The number of carbonyl (C=O) groups excluding carboxylic acids is 2. The average molecular weight is 353 g/mol. The van der Waals surface area contributed by atoms with E-state index in [0.717, 1.165) is 0 Å². The van der Waals surface area contributed by atoms with E-state index in [0.29, 0.717) is 9.86 Å². The second-order valence-corrected chi connectivity index (χ2v) is 4.33. The molecule has 1 aromatic carbocycles. The van der Waals surface area contributed by atoms with Crippen molar-refractivity contribution in [3.63, 3.8) is 0 Å². The fourth-order valence-electron chi connectivity index (χ4n) is 1.18. The summed E-state index contributed by atoms with van der Waals surface area (Å²) in [6.07, 6.45) is 0.300. The molecule has 0 aromatic heterocycles. The molecule has 7 heteroatoms. The van der Waals surface area contributed by atoms with E-state index in [2.05, 4.69) is 0 Å². The van der Waals surface area contributed by atoms with E-state index in [9.17, 15) is 19.7 Å². The normalized spacial score (nSPS) is 9.88. The van der Waals surface area contributed by atoms with Crippen LogP contribution in [0.15, 0.2) is 12.1 Å². The highest BCUT2D eigenvalue weighted by atomic mass is 127. The third-order valence-electron chi connectivity index (χ3n) is 1.86. The summed E-state index contributed by atoms with van der Waals surface area (Å²) < 4.78 is 0.503. The van der Waals surface area contributed by atoms with E-state index in [1.54, 1.807) is 0 Å². The van der Waals surface area contributed by atoms with Gasteiger partial charge in [0.1, 0.15) is 5.56 Å². The minimum Gasteiger partial charge on any atom is -0.298 e. The van der Waals surface area contributed by atoms with Crippen LogP contribution in [0.4, 0.5) is 5.69 Å². The van der Waals surface area contributed by atoms with Gasteiger partial charge in [0.05, 0.1) is 10.8 Å². The molecule has 5 nitrogen and oxygen atoms in total. The largest absolute Gasteiger partial charge is 0.298 e. The Balaban J connectivity index is 3.54. The fraction of sp³-hybridized carbons (Fsp3) is 0.111. The monoisotopic (exact) mass is 353 g/mol. The van der Waals surface area contributed by atoms with Crippen molar-refractivity contribution >= 4 is 51.9 Å². The molecule has 84 valence electrons. The van der Waals surface area contributed by atoms with Crippen LogP contribution in [0.25, 0.3) is 0 Å². The lowest BCUT2D eigenvalue weighted by molar-refractivity contribution is -0.385. The van der Waals surface area contributed by atoms with Crippen LogP contribution in [0.5, 0.6) is 0 Å². The first-order chi connectivity index (χ1) is 7.51. The Morgan fingerprint density at radius 1 is 1.56 bits per heavy atom. The highest BCUT2D eigenvalue weighted by Gasteiger charge is 2.22. The topological polar surface area (TPSA) is 77.3 Å². The molecule has 1 aromatic rings. The molecule has 0 aliphatic heterocycles. The Morgan fingerprint density at radius 2 is 2.19 bits per heavy atom. The van der Waals surface area contributed by atoms with Crippen LogP contribution in [-0.4, -0.2) is 22.9 Å². The van der Waals surface area contributed by atoms with Crippen molar-refractivity contribution in [1.82, 2.24) is 0 Å². The molecular weight excluding hydrogens is 348 g/mol. The van der Waals surface area contributed by atoms with E-state index in [4.69, 9.17) is 11.6 Å². The fourth-order valence-corrected chi connectivity index (χ4v) is 1.93. The van der Waals surface area contributed by atoms with Gasteiger partial charge in [0.25, 0.3) is 5.69 Å². The number of Topliss-reactive ketones (excluding diaryl/α,β-unsaturated/α-hetero) is 1. The van der Waals surface area contributed by atoms with E-state index >= 15 is 0 Å². The van der Waals surface area contributed by atoms with E-state index in [1.807, 2.05) is 22.6 Å². The molecule has 0 unspecified atom stereocenters. The number of benzene rings is 1. The number of hydrogen-bond acceptors (Lipinski definition) is 4. The smallest absolute Gasteiger partial charge is 0.281 e. The maximum atomic E-state index is 11.4. The third kappa shape index (κ3) is 2.56. The standard InChI is InChI=1S/C9H5ClINO4/c10-3-9(14)6-1-5(11)2-8(12(15)16)7(6)4-13/h1-2,4H,3H2. The van der Waals surface area contributed by atoms with Crippen LogP contribution in [0.1, 0.15) is 20.7 Å². The molecule has 0 radical (unpaired) electrons. The molecule has 0 saturated heterocycles. The first-order valence-corrected chi connectivity index (χ1v) is 5.65. The summed E-state index contributed by atoms with van der Waals surface area (Å²) in [4.78, 5) is 32.2. The Bertz CT molecular complexity index is 475. The van der Waals surface area contributed by atoms with Gasteiger partial charge < -0.3 is 0 Å². The minimum atomic E-state index is -0.698. The number of alkyl halides is 1. The number of hydrogen-bond donors (Lipinski definition) is 0. The Hall–Kier alpha value is -1.02. The summed E-state index contributed by atoms with van der Waals surface area (Å²) >= 11 is 7.19. The number of aldehydes is 1. The lowest BCUT2D eigenvalue weighted by atomic mass is 10.0. The summed E-state index contributed by atoms with van der Waals surface area (Å²) in [6, 6.07) is 2.64. The molecule has 0 saturated carbocycles. The van der Waals surface area contributed by atoms with Crippen LogP contribution in [0.2, 0.25) is 0 Å². The number of carbonyl (C=O) groups is 2. The molecule has 0 amide bonds. The third-order valence-corrected chi connectivity index (χ3v) is 2.72. The van der Waals surface area contributed by atoms with Crippen molar-refractivity contribution in [1.29, 1.82) is 0 Å². The average Bonchev–Trinajstić information content (AvgIpc) is 2.26. The van der Waals surface area contributed by atoms with E-state index in [-0.39, 0.29) is 22.7 Å². The minimum absolute atomic E-state index is 0.0106. The first kappa shape index (κ1) is 13.0. The molecule has 0 aliphatic rings. The van der Waals surface area contributed by atoms with Gasteiger partial charge in [-0.15, -0.1) is 11.6 Å². The van der Waals surface area contributed by atoms with Gasteiger partial charge in [0.15, 0.2) is 12.1 Å². The number of ketones is 1. The van der Waals surface area contributed by atoms with Gasteiger partial charge in [-0.1, -0.05) is 0 Å². The lowest BCUT2D eigenvalue weighted by Gasteiger charge is -2.03. The second kappa shape index (κ2) is 5.35. The lowest BCUT2D eigenvalue weighted by Crippen LogP contribution is -2.08. The summed E-state index contributed by atoms with van der Waals surface area (Å²) in [5.41, 5.74) is -0.616. The Morgan fingerprint density at radius 3 is 2.62 bits per heavy atom. The molecule has 0 aliphatic carbocycles. The van der Waals surface area contributed by atoms with Crippen LogP contribution < -0.4 is 0 Å². The number of nitro groups is 1. The highest BCUT2D eigenvalue weighted by Crippen LogP contribution is 2.24. The molecular formula is C9H5ClINO4. The van der Waals surface area contributed by atoms with Gasteiger partial charge in [-0.25, -0.2) is 0 Å². The van der Waals surface area contributed by atoms with Crippen LogP contribution >= 0.6 is 34.2 Å². The SMILES string of the molecule is O=Cc1c(C(=O)CCl)cc(I)cc1[N+](=O)[O-]. The predicted octanol–water partition coefficient (Wildman–Crippen LogP) is 2.43. The van der Waals surface area contributed by atoms with Gasteiger partial charge in [-0.05, 0) is 28.7 Å². The van der Waals surface area contributed by atoms with Crippen molar-refractivity contribution in [2.45, 2.75) is 0 Å². The van der Waals surface area contributed by atoms with Gasteiger partial charge in [-0.2, -0.15) is 0 Å². The summed E-state index contributed by atoms with van der Waals surface area (Å²) in [5, 5.41) is 10.7. The zero-order valence-corrected chi connectivity index (χ0v) is 10.7. The van der Waals surface area contributed by atoms with Gasteiger partial charge in [0, 0.05) is 15.2 Å². The number of halogens is 2. The maximum Gasteiger partial charge on any atom is 0.281 e. The number of nitrogens with zero attached hydrogens (tertiary/aromatic N) is 1. The van der Waals surface area contributed by atoms with Crippen molar-refractivity contribution in [2.75, 3.05) is 5.88 Å². The molecule has 1 rings (SSSR count). The molecule has 0 fully saturated rings. The molecule has 0 atom stereocenters. The summed E-state index contributed by atoms with van der Waals surface area (Å²) in [7, 11) is 0. The van der Waals surface area contributed by atoms with E-state index in [1.165, 1.54) is 12.1 Å². The molecule has 0 bridgehead atoms. The van der Waals surface area contributed by atoms with Crippen molar-refractivity contribution in [3.8, 4) is 0 Å². The number of nitro benzene ring substituents is 1. The quantitative estimate of drug-likeness (QED) is 0.208. The molecule has 0 heterocycles. The van der Waals surface area contributed by atoms with Crippen molar-refractivity contribution < 1.29 is 14.5 Å². The van der Waals surface area contributed by atoms with E-state index < -0.39 is 10.7 Å². The van der Waals surface area contributed by atoms with Crippen molar-refractivity contribution in [2.24, 2.45) is 0 Å². The number of rotatable bonds is 4. The highest BCUT2D eigenvalue weighted by molar-refractivity contribution is 14.1. The van der Waals surface area contributed by atoms with Gasteiger partial charge >= 0.3 is 0 Å². The Labute approximate surface area is 109 Å². The molecule has 0 spiro atoms. The van der Waals surface area contributed by atoms with Crippen LogP contribution in [0.3, 0.4) is 0 Å². The predicted molar refractivity (Wildman–Crippen MR) is 66.3 cm³/mol. The van der Waals surface area contributed by atoms with Crippen molar-refractivity contribution in [3.05, 3.63) is 36.9 Å². The zero-order valence-electron chi connectivity index (χ0n) is 7.78. The maximum absolute atomic E-state index is 11.4. The van der Waals surface area contributed by atoms with Gasteiger partial charge in [-0.3, -0.25) is 19.7 Å². The second-order valence-electron chi connectivity index (χ2n) is 2.82. The first-order valence-electron chi connectivity index (χ1n) is 4.03.